The molecule has 0 spiro atoms. The lowest BCUT2D eigenvalue weighted by Gasteiger charge is -2.57. The molecular weight excluding hydrogens is 288 g/mol. The lowest BCUT2D eigenvalue weighted by molar-refractivity contribution is -0.135. The van der Waals surface area contributed by atoms with Gasteiger partial charge in [0.2, 0.25) is 5.91 Å². The number of rotatable bonds is 1. The lowest BCUT2D eigenvalue weighted by atomic mass is 9.44. The highest BCUT2D eigenvalue weighted by atomic mass is 16.1. The number of carbonyl (C=O) groups excluding carboxylic acids is 2. The van der Waals surface area contributed by atoms with Gasteiger partial charge in [-0.1, -0.05) is 32.9 Å². The van der Waals surface area contributed by atoms with E-state index in [4.69, 9.17) is 5.73 Å². The van der Waals surface area contributed by atoms with E-state index in [1.807, 2.05) is 19.9 Å². The Bertz CT molecular complexity index is 695. The zero-order chi connectivity index (χ0) is 17.0. The molecule has 0 aromatic carbocycles. The lowest BCUT2D eigenvalue weighted by Crippen LogP contribution is -2.56. The van der Waals surface area contributed by atoms with Crippen LogP contribution in [0, 0.1) is 33.5 Å². The van der Waals surface area contributed by atoms with Gasteiger partial charge in [0.25, 0.3) is 0 Å². The normalized spacial score (nSPS) is 38.5. The summed E-state index contributed by atoms with van der Waals surface area (Å²) in [5, 5.41) is 9.42. The minimum absolute atomic E-state index is 0.0783. The number of hydrogen-bond acceptors (Lipinski definition) is 3. The van der Waals surface area contributed by atoms with Crippen LogP contribution < -0.4 is 5.73 Å². The van der Waals surface area contributed by atoms with Crippen molar-refractivity contribution in [3.63, 3.8) is 0 Å². The highest BCUT2D eigenvalue weighted by molar-refractivity contribution is 6.04. The van der Waals surface area contributed by atoms with Gasteiger partial charge in [-0.15, -0.1) is 0 Å². The summed E-state index contributed by atoms with van der Waals surface area (Å²) in [6, 6.07) is 2.07. The second-order valence-electron chi connectivity index (χ2n) is 8.05. The summed E-state index contributed by atoms with van der Waals surface area (Å²) < 4.78 is 0. The Morgan fingerprint density at radius 3 is 2.65 bits per heavy atom. The van der Waals surface area contributed by atoms with Crippen LogP contribution in [0.2, 0.25) is 0 Å². The van der Waals surface area contributed by atoms with Crippen molar-refractivity contribution in [3.8, 4) is 6.07 Å². The molecule has 0 bridgehead atoms. The average Bonchev–Trinajstić information content (AvgIpc) is 2.51. The van der Waals surface area contributed by atoms with Gasteiger partial charge in [0.1, 0.15) is 6.07 Å². The Balaban J connectivity index is 2.25. The van der Waals surface area contributed by atoms with Gasteiger partial charge in [-0.3, -0.25) is 9.59 Å². The standard InChI is InChI=1S/C19H24N2O2/c1-17(2)13-7-9-19(16(21)23)8-5-4-6-14(19)18(13,3)10-12(11-20)15(17)22/h6,10,13H,4-5,7-9H2,1-3H3,(H2,21,23)/t13-,18-,19-/m0/s1. The van der Waals surface area contributed by atoms with Gasteiger partial charge < -0.3 is 5.73 Å². The van der Waals surface area contributed by atoms with Crippen LogP contribution in [0.25, 0.3) is 0 Å². The molecule has 1 fully saturated rings. The number of nitrogens with zero attached hydrogens (tertiary/aromatic N) is 1. The number of nitriles is 1. The van der Waals surface area contributed by atoms with Crippen molar-refractivity contribution >= 4 is 11.7 Å². The Hall–Kier alpha value is -1.89. The highest BCUT2D eigenvalue weighted by Crippen LogP contribution is 2.64. The molecule has 2 N–H and O–H groups in total. The Morgan fingerprint density at radius 1 is 1.35 bits per heavy atom. The molecule has 3 aliphatic carbocycles. The SMILES string of the molecule is CC1(C)C(=O)C(C#N)=C[C@]2(C)C3=CCCC[C@]3(C(N)=O)CC[C@@H]12. The second-order valence-corrected chi connectivity index (χ2v) is 8.05. The number of fused-ring (bicyclic) bond motifs is 3. The van der Waals surface area contributed by atoms with Crippen LogP contribution in [0.4, 0.5) is 0 Å². The molecule has 1 amide bonds. The number of carbonyl (C=O) groups is 2. The first-order valence-corrected chi connectivity index (χ1v) is 8.39. The van der Waals surface area contributed by atoms with Crippen LogP contribution in [-0.4, -0.2) is 11.7 Å². The van der Waals surface area contributed by atoms with E-state index in [0.29, 0.717) is 6.42 Å². The number of ketones is 1. The quantitative estimate of drug-likeness (QED) is 0.755. The van der Waals surface area contributed by atoms with E-state index in [2.05, 4.69) is 19.1 Å². The molecule has 0 radical (unpaired) electrons. The molecule has 1 saturated carbocycles. The highest BCUT2D eigenvalue weighted by Gasteiger charge is 2.60. The maximum Gasteiger partial charge on any atom is 0.227 e. The predicted molar refractivity (Wildman–Crippen MR) is 86.9 cm³/mol. The molecule has 0 saturated heterocycles. The summed E-state index contributed by atoms with van der Waals surface area (Å²) in [7, 11) is 0. The molecular formula is C19H24N2O2. The van der Waals surface area contributed by atoms with Gasteiger partial charge >= 0.3 is 0 Å². The minimum atomic E-state index is -0.601. The van der Waals surface area contributed by atoms with Crippen molar-refractivity contribution in [2.45, 2.75) is 52.9 Å². The van der Waals surface area contributed by atoms with Crippen LogP contribution in [0.5, 0.6) is 0 Å². The Kier molecular flexibility index (Phi) is 3.34. The van der Waals surface area contributed by atoms with E-state index in [1.165, 1.54) is 0 Å². The van der Waals surface area contributed by atoms with Crippen molar-refractivity contribution in [2.24, 2.45) is 27.9 Å². The Morgan fingerprint density at radius 2 is 2.04 bits per heavy atom. The molecule has 0 aromatic rings. The van der Waals surface area contributed by atoms with Gasteiger partial charge in [-0.05, 0) is 43.6 Å². The van der Waals surface area contributed by atoms with Crippen molar-refractivity contribution in [1.82, 2.24) is 0 Å². The van der Waals surface area contributed by atoms with E-state index in [1.54, 1.807) is 0 Å². The third kappa shape index (κ3) is 1.89. The van der Waals surface area contributed by atoms with Crippen LogP contribution in [0.3, 0.4) is 0 Å². The molecule has 0 heterocycles. The fourth-order valence-corrected chi connectivity index (χ4v) is 5.48. The number of nitrogens with two attached hydrogens (primary N) is 1. The molecule has 122 valence electrons. The predicted octanol–water partition coefficient (Wildman–Crippen LogP) is 3.04. The van der Waals surface area contributed by atoms with Crippen LogP contribution in [-0.2, 0) is 9.59 Å². The summed E-state index contributed by atoms with van der Waals surface area (Å²) in [4.78, 5) is 25.0. The Labute approximate surface area is 137 Å². The number of Topliss-reactive ketones (excluding diaryl/α,β-unsaturated/α-hetero) is 1. The molecule has 3 aliphatic rings. The summed E-state index contributed by atoms with van der Waals surface area (Å²) in [6.07, 6.45) is 8.13. The molecule has 3 rings (SSSR count). The fourth-order valence-electron chi connectivity index (χ4n) is 5.48. The summed E-state index contributed by atoms with van der Waals surface area (Å²) in [5.41, 5.74) is 5.45. The van der Waals surface area contributed by atoms with Gasteiger partial charge in [0, 0.05) is 10.8 Å². The zero-order valence-electron chi connectivity index (χ0n) is 14.1. The molecule has 0 unspecified atom stereocenters. The largest absolute Gasteiger partial charge is 0.369 e. The third-order valence-electron chi connectivity index (χ3n) is 6.57. The summed E-state index contributed by atoms with van der Waals surface area (Å²) >= 11 is 0. The molecule has 23 heavy (non-hydrogen) atoms. The van der Waals surface area contributed by atoms with Crippen LogP contribution >= 0.6 is 0 Å². The van der Waals surface area contributed by atoms with Crippen LogP contribution in [0.1, 0.15) is 52.9 Å². The van der Waals surface area contributed by atoms with E-state index < -0.39 is 16.2 Å². The van der Waals surface area contributed by atoms with Gasteiger partial charge in [0.15, 0.2) is 5.78 Å². The molecule has 3 atom stereocenters. The van der Waals surface area contributed by atoms with Gasteiger partial charge in [0.05, 0.1) is 11.0 Å². The van der Waals surface area contributed by atoms with Gasteiger partial charge in [-0.2, -0.15) is 5.26 Å². The van der Waals surface area contributed by atoms with E-state index in [9.17, 15) is 14.9 Å². The molecule has 0 aliphatic heterocycles. The van der Waals surface area contributed by atoms with Crippen molar-refractivity contribution < 1.29 is 9.59 Å². The van der Waals surface area contributed by atoms with E-state index >= 15 is 0 Å². The number of allylic oxidation sites excluding steroid dienone is 3. The fraction of sp³-hybridized carbons (Fsp3) is 0.632. The zero-order valence-corrected chi connectivity index (χ0v) is 14.1. The number of primary amides is 1. The molecule has 4 nitrogen and oxygen atoms in total. The summed E-state index contributed by atoms with van der Waals surface area (Å²) in [6.45, 7) is 5.95. The average molecular weight is 312 g/mol. The van der Waals surface area contributed by atoms with Crippen molar-refractivity contribution in [1.29, 1.82) is 5.26 Å². The topological polar surface area (TPSA) is 83.9 Å². The van der Waals surface area contributed by atoms with Crippen molar-refractivity contribution in [3.05, 3.63) is 23.3 Å². The second kappa shape index (κ2) is 4.80. The number of hydrogen-bond donors (Lipinski definition) is 1. The van der Waals surface area contributed by atoms with Gasteiger partial charge in [-0.25, -0.2) is 0 Å². The van der Waals surface area contributed by atoms with E-state index in [-0.39, 0.29) is 23.2 Å². The van der Waals surface area contributed by atoms with Crippen molar-refractivity contribution in [2.75, 3.05) is 0 Å². The first kappa shape index (κ1) is 16.0. The minimum Gasteiger partial charge on any atom is -0.369 e. The molecule has 0 aromatic heterocycles. The maximum absolute atomic E-state index is 12.6. The third-order valence-corrected chi connectivity index (χ3v) is 6.57. The maximum atomic E-state index is 12.6. The summed E-state index contributed by atoms with van der Waals surface area (Å²) in [5.74, 6) is -0.244. The first-order chi connectivity index (χ1) is 10.7. The number of amides is 1. The van der Waals surface area contributed by atoms with Crippen LogP contribution in [0.15, 0.2) is 23.3 Å². The smallest absolute Gasteiger partial charge is 0.227 e. The molecule has 4 heteroatoms. The first-order valence-electron chi connectivity index (χ1n) is 8.39. The van der Waals surface area contributed by atoms with E-state index in [0.717, 1.165) is 31.3 Å². The monoisotopic (exact) mass is 312 g/mol.